The van der Waals surface area contributed by atoms with Crippen LogP contribution >= 0.6 is 15.9 Å². The molecule has 142 valence electrons. The Bertz CT molecular complexity index is 1110. The lowest BCUT2D eigenvalue weighted by atomic mass is 9.96. The van der Waals surface area contributed by atoms with Crippen molar-refractivity contribution in [2.24, 2.45) is 4.99 Å². The zero-order valence-corrected chi connectivity index (χ0v) is 17.2. The molecule has 1 saturated heterocycles. The standard InChI is InChI=1S/C23H22BrN3O/c24-15-9-10-18-20(14-15)26-23(28)21(18)22-17(7-5-13-27-11-3-4-12-27)16-6-1-2-8-19(16)25-22/h1-2,6-10,14,26,28H,3-5,11-13H2. The van der Waals surface area contributed by atoms with Crippen LogP contribution in [0.5, 0.6) is 5.88 Å². The molecule has 0 spiro atoms. The number of rotatable bonds is 4. The Morgan fingerprint density at radius 3 is 2.82 bits per heavy atom. The summed E-state index contributed by atoms with van der Waals surface area (Å²) in [4.78, 5) is 10.5. The quantitative estimate of drug-likeness (QED) is 0.556. The predicted molar refractivity (Wildman–Crippen MR) is 119 cm³/mol. The predicted octanol–water partition coefficient (Wildman–Crippen LogP) is 5.64. The lowest BCUT2D eigenvalue weighted by molar-refractivity contribution is 0.346. The first-order valence-electron chi connectivity index (χ1n) is 9.82. The van der Waals surface area contributed by atoms with Crippen LogP contribution in [0.1, 0.15) is 30.4 Å². The van der Waals surface area contributed by atoms with Gasteiger partial charge in [-0.15, -0.1) is 0 Å². The number of halogens is 1. The first-order chi connectivity index (χ1) is 13.7. The zero-order chi connectivity index (χ0) is 19.1. The van der Waals surface area contributed by atoms with Crippen molar-refractivity contribution < 1.29 is 5.11 Å². The van der Waals surface area contributed by atoms with E-state index in [2.05, 4.69) is 44.0 Å². The van der Waals surface area contributed by atoms with Crippen molar-refractivity contribution in [1.29, 1.82) is 0 Å². The van der Waals surface area contributed by atoms with Crippen molar-refractivity contribution >= 4 is 43.8 Å². The van der Waals surface area contributed by atoms with Crippen LogP contribution in [0.4, 0.5) is 5.69 Å². The van der Waals surface area contributed by atoms with Gasteiger partial charge < -0.3 is 15.0 Å². The molecule has 4 nitrogen and oxygen atoms in total. The van der Waals surface area contributed by atoms with E-state index in [4.69, 9.17) is 4.99 Å². The topological polar surface area (TPSA) is 51.6 Å². The minimum Gasteiger partial charge on any atom is -0.494 e. The van der Waals surface area contributed by atoms with Crippen molar-refractivity contribution in [2.45, 2.75) is 19.3 Å². The van der Waals surface area contributed by atoms with E-state index in [0.29, 0.717) is 0 Å². The monoisotopic (exact) mass is 435 g/mol. The number of aromatic hydroxyl groups is 1. The highest BCUT2D eigenvalue weighted by molar-refractivity contribution is 9.10. The van der Waals surface area contributed by atoms with Crippen LogP contribution in [-0.2, 0) is 0 Å². The molecule has 2 aromatic carbocycles. The van der Waals surface area contributed by atoms with Crippen molar-refractivity contribution in [3.05, 3.63) is 64.1 Å². The van der Waals surface area contributed by atoms with E-state index in [1.54, 1.807) is 0 Å². The van der Waals surface area contributed by atoms with Crippen LogP contribution in [0, 0.1) is 0 Å². The number of aliphatic imine (C=N–C) groups is 1. The van der Waals surface area contributed by atoms with Gasteiger partial charge in [0.2, 0.25) is 0 Å². The van der Waals surface area contributed by atoms with Gasteiger partial charge in [-0.05, 0) is 50.6 Å². The molecule has 0 amide bonds. The van der Waals surface area contributed by atoms with E-state index in [-0.39, 0.29) is 5.88 Å². The van der Waals surface area contributed by atoms with E-state index in [0.717, 1.165) is 56.4 Å². The summed E-state index contributed by atoms with van der Waals surface area (Å²) in [6.45, 7) is 3.49. The largest absolute Gasteiger partial charge is 0.494 e. The number of hydrogen-bond acceptors (Lipinski definition) is 3. The molecular weight excluding hydrogens is 414 g/mol. The molecule has 0 radical (unpaired) electrons. The number of aromatic amines is 1. The summed E-state index contributed by atoms with van der Waals surface area (Å²) >= 11 is 3.50. The summed E-state index contributed by atoms with van der Waals surface area (Å²) < 4.78 is 0.978. The fraction of sp³-hybridized carbons (Fsp3) is 0.261. The smallest absolute Gasteiger partial charge is 0.199 e. The van der Waals surface area contributed by atoms with Gasteiger partial charge in [-0.25, -0.2) is 4.99 Å². The van der Waals surface area contributed by atoms with Crippen molar-refractivity contribution in [1.82, 2.24) is 9.88 Å². The molecule has 5 rings (SSSR count). The number of nitrogens with one attached hydrogen (secondary N) is 1. The summed E-state index contributed by atoms with van der Waals surface area (Å²) in [5.74, 6) is 0.171. The minimum absolute atomic E-state index is 0.171. The van der Waals surface area contributed by atoms with E-state index in [1.165, 1.54) is 25.9 Å². The fourth-order valence-corrected chi connectivity index (χ4v) is 4.66. The summed E-state index contributed by atoms with van der Waals surface area (Å²) in [5, 5.41) is 11.7. The van der Waals surface area contributed by atoms with Crippen molar-refractivity contribution in [2.75, 3.05) is 19.6 Å². The molecular formula is C23H22BrN3O. The number of allylic oxidation sites excluding steroid dienone is 1. The number of likely N-dealkylation sites (tertiary alicyclic amines) is 1. The molecule has 28 heavy (non-hydrogen) atoms. The van der Waals surface area contributed by atoms with Gasteiger partial charge in [0.25, 0.3) is 0 Å². The SMILES string of the molecule is Oc1[nH]c2cc(Br)ccc2c1C1=Nc2ccccc2C1=CCCN1CCCC1. The molecule has 0 saturated carbocycles. The van der Waals surface area contributed by atoms with Gasteiger partial charge >= 0.3 is 0 Å². The molecule has 0 atom stereocenters. The van der Waals surface area contributed by atoms with Crippen LogP contribution in [0.15, 0.2) is 58.0 Å². The Morgan fingerprint density at radius 2 is 1.96 bits per heavy atom. The molecule has 1 fully saturated rings. The molecule has 2 aliphatic heterocycles. The van der Waals surface area contributed by atoms with Gasteiger partial charge in [0.1, 0.15) is 0 Å². The molecule has 5 heteroatoms. The summed E-state index contributed by atoms with van der Waals surface area (Å²) in [7, 11) is 0. The average Bonchev–Trinajstić information content (AvgIpc) is 3.39. The van der Waals surface area contributed by atoms with Crippen LogP contribution < -0.4 is 0 Å². The lowest BCUT2D eigenvalue weighted by Crippen LogP contribution is -2.19. The summed E-state index contributed by atoms with van der Waals surface area (Å²) in [5.41, 5.74) is 5.77. The average molecular weight is 436 g/mol. The second kappa shape index (κ2) is 7.22. The van der Waals surface area contributed by atoms with Gasteiger partial charge in [0, 0.05) is 27.5 Å². The number of para-hydroxylation sites is 1. The third-order valence-electron chi connectivity index (χ3n) is 5.65. The van der Waals surface area contributed by atoms with Gasteiger partial charge in [-0.1, -0.05) is 46.3 Å². The molecule has 1 aromatic heterocycles. The Labute approximate surface area is 172 Å². The first kappa shape index (κ1) is 17.7. The maximum Gasteiger partial charge on any atom is 0.199 e. The van der Waals surface area contributed by atoms with Crippen LogP contribution in [0.3, 0.4) is 0 Å². The third kappa shape index (κ3) is 3.09. The van der Waals surface area contributed by atoms with Crippen LogP contribution in [0.2, 0.25) is 0 Å². The number of hydrogen-bond donors (Lipinski definition) is 2. The second-order valence-corrected chi connectivity index (χ2v) is 8.39. The fourth-order valence-electron chi connectivity index (χ4n) is 4.30. The maximum atomic E-state index is 10.7. The highest BCUT2D eigenvalue weighted by atomic mass is 79.9. The van der Waals surface area contributed by atoms with E-state index >= 15 is 0 Å². The highest BCUT2D eigenvalue weighted by Crippen LogP contribution is 2.41. The molecule has 3 heterocycles. The van der Waals surface area contributed by atoms with E-state index < -0.39 is 0 Å². The second-order valence-electron chi connectivity index (χ2n) is 7.47. The molecule has 0 aliphatic carbocycles. The molecule has 3 aromatic rings. The Morgan fingerprint density at radius 1 is 1.14 bits per heavy atom. The van der Waals surface area contributed by atoms with Gasteiger partial charge in [0.15, 0.2) is 5.88 Å². The number of nitrogens with zero attached hydrogens (tertiary/aromatic N) is 2. The number of benzene rings is 2. The highest BCUT2D eigenvalue weighted by Gasteiger charge is 2.26. The Kier molecular flexibility index (Phi) is 4.57. The number of aromatic nitrogens is 1. The van der Waals surface area contributed by atoms with E-state index in [9.17, 15) is 5.11 Å². The minimum atomic E-state index is 0.171. The third-order valence-corrected chi connectivity index (χ3v) is 6.14. The molecule has 0 bridgehead atoms. The Hall–Kier alpha value is -2.37. The summed E-state index contributed by atoms with van der Waals surface area (Å²) in [6.07, 6.45) is 5.90. The van der Waals surface area contributed by atoms with Gasteiger partial charge in [-0.2, -0.15) is 0 Å². The molecule has 0 unspecified atom stereocenters. The summed E-state index contributed by atoms with van der Waals surface area (Å²) in [6, 6.07) is 14.2. The van der Waals surface area contributed by atoms with Gasteiger partial charge in [-0.3, -0.25) is 0 Å². The number of H-pyrrole nitrogens is 1. The normalized spacial score (nSPS) is 18.2. The maximum absolute atomic E-state index is 10.7. The van der Waals surface area contributed by atoms with Crippen LogP contribution in [0.25, 0.3) is 16.5 Å². The van der Waals surface area contributed by atoms with Crippen LogP contribution in [-0.4, -0.2) is 40.3 Å². The van der Waals surface area contributed by atoms with Gasteiger partial charge in [0.05, 0.1) is 22.5 Å². The Balaban J connectivity index is 1.56. The van der Waals surface area contributed by atoms with Crippen molar-refractivity contribution in [3.63, 3.8) is 0 Å². The number of fused-ring (bicyclic) bond motifs is 2. The van der Waals surface area contributed by atoms with E-state index in [1.807, 2.05) is 30.3 Å². The zero-order valence-electron chi connectivity index (χ0n) is 15.6. The van der Waals surface area contributed by atoms with Crippen molar-refractivity contribution in [3.8, 4) is 5.88 Å². The lowest BCUT2D eigenvalue weighted by Gasteiger charge is -2.13. The molecule has 2 N–H and O–H groups in total. The molecule has 2 aliphatic rings. The first-order valence-corrected chi connectivity index (χ1v) is 10.6.